The van der Waals surface area contributed by atoms with Crippen LogP contribution < -0.4 is 16.1 Å². The van der Waals surface area contributed by atoms with Crippen molar-refractivity contribution in [1.82, 2.24) is 29.0 Å². The van der Waals surface area contributed by atoms with Crippen molar-refractivity contribution in [3.8, 4) is 11.4 Å². The normalized spacial score (nSPS) is 13.4. The second-order valence-electron chi connectivity index (χ2n) is 11.6. The Kier molecular flexibility index (Phi) is 10.9. The van der Waals surface area contributed by atoms with Crippen molar-refractivity contribution in [2.45, 2.75) is 65.0 Å². The van der Waals surface area contributed by atoms with E-state index in [2.05, 4.69) is 15.0 Å². The van der Waals surface area contributed by atoms with Gasteiger partial charge in [-0.3, -0.25) is 28.4 Å². The molecule has 5 rings (SSSR count). The summed E-state index contributed by atoms with van der Waals surface area (Å²) in [6.07, 6.45) is 6.17. The van der Waals surface area contributed by atoms with Gasteiger partial charge in [0.1, 0.15) is 17.2 Å². The smallest absolute Gasteiger partial charge is 0.332 e. The molecule has 1 fully saturated rings. The van der Waals surface area contributed by atoms with Crippen LogP contribution in [0.1, 0.15) is 62.2 Å². The quantitative estimate of drug-likeness (QED) is 0.203. The van der Waals surface area contributed by atoms with E-state index in [0.29, 0.717) is 69.7 Å². The average molecular weight is 652 g/mol. The number of aromatic nitrogens is 5. The number of hydrogen-bond acceptors (Lipinski definition) is 7. The van der Waals surface area contributed by atoms with E-state index in [1.165, 1.54) is 26.3 Å². The number of fused-ring (bicyclic) bond motifs is 1. The Hall–Kier alpha value is -4.72. The standard InChI is InChI=1S/C33H39F2N7O5/c1-3-14-41-30-28(32(45)42(33(41)46)17-6-7-19-47-2)37-29(38-30)23-11-13-26(36-21-23)40(18-8-16-39-15-5-4-9-27(39)43)31(44)22-10-12-24(34)25(35)20-22/h10-13,20-21H,3-9,14-19H2,1-2H3,(H,37,38). The minimum atomic E-state index is -1.14. The molecule has 0 saturated carbocycles. The lowest BCUT2D eigenvalue weighted by atomic mass is 10.1. The number of imidazole rings is 1. The van der Waals surface area contributed by atoms with Gasteiger partial charge in [0.05, 0.1) is 0 Å². The van der Waals surface area contributed by atoms with Gasteiger partial charge in [0.15, 0.2) is 17.3 Å². The number of hydrogen-bond donors (Lipinski definition) is 1. The molecule has 250 valence electrons. The van der Waals surface area contributed by atoms with Gasteiger partial charge in [-0.15, -0.1) is 0 Å². The van der Waals surface area contributed by atoms with E-state index >= 15 is 0 Å². The number of carbonyl (C=O) groups excluding carboxylic acids is 2. The monoisotopic (exact) mass is 651 g/mol. The number of aryl methyl sites for hydroxylation is 1. The number of piperidine rings is 1. The van der Waals surface area contributed by atoms with E-state index in [-0.39, 0.29) is 41.5 Å². The minimum Gasteiger partial charge on any atom is -0.385 e. The molecule has 4 heterocycles. The Morgan fingerprint density at radius 2 is 1.83 bits per heavy atom. The maximum atomic E-state index is 14.1. The Morgan fingerprint density at radius 3 is 2.53 bits per heavy atom. The molecule has 14 heteroatoms. The lowest BCUT2D eigenvalue weighted by Crippen LogP contribution is -2.40. The van der Waals surface area contributed by atoms with Gasteiger partial charge >= 0.3 is 5.69 Å². The van der Waals surface area contributed by atoms with Gasteiger partial charge in [-0.2, -0.15) is 0 Å². The van der Waals surface area contributed by atoms with Crippen LogP contribution in [0.25, 0.3) is 22.6 Å². The first-order chi connectivity index (χ1) is 22.7. The predicted octanol–water partition coefficient (Wildman–Crippen LogP) is 4.11. The number of likely N-dealkylation sites (tertiary alicyclic amines) is 1. The van der Waals surface area contributed by atoms with Gasteiger partial charge in [-0.1, -0.05) is 6.92 Å². The largest absolute Gasteiger partial charge is 0.385 e. The van der Waals surface area contributed by atoms with Crippen LogP contribution in [0.5, 0.6) is 0 Å². The zero-order valence-corrected chi connectivity index (χ0v) is 26.6. The highest BCUT2D eigenvalue weighted by Gasteiger charge is 2.23. The molecule has 1 aliphatic heterocycles. The fourth-order valence-corrected chi connectivity index (χ4v) is 5.75. The number of methoxy groups -OCH3 is 1. The summed E-state index contributed by atoms with van der Waals surface area (Å²) in [6.45, 7) is 4.36. The highest BCUT2D eigenvalue weighted by Crippen LogP contribution is 2.23. The topological polar surface area (TPSA) is 135 Å². The number of unbranched alkanes of at least 4 members (excludes halogenated alkanes) is 1. The maximum absolute atomic E-state index is 14.1. The van der Waals surface area contributed by atoms with Crippen molar-refractivity contribution < 1.29 is 23.1 Å². The molecule has 0 atom stereocenters. The molecule has 0 bridgehead atoms. The molecule has 1 aliphatic rings. The van der Waals surface area contributed by atoms with Crippen molar-refractivity contribution in [2.24, 2.45) is 0 Å². The van der Waals surface area contributed by atoms with Crippen LogP contribution in [-0.2, 0) is 22.6 Å². The molecule has 47 heavy (non-hydrogen) atoms. The van der Waals surface area contributed by atoms with E-state index in [4.69, 9.17) is 4.74 Å². The summed E-state index contributed by atoms with van der Waals surface area (Å²) in [6, 6.07) is 6.23. The van der Waals surface area contributed by atoms with Gasteiger partial charge in [0.25, 0.3) is 11.5 Å². The third kappa shape index (κ3) is 7.48. The number of anilines is 1. The van der Waals surface area contributed by atoms with Crippen LogP contribution in [0.2, 0.25) is 0 Å². The fourth-order valence-electron chi connectivity index (χ4n) is 5.75. The van der Waals surface area contributed by atoms with E-state index in [1.807, 2.05) is 6.92 Å². The first-order valence-electron chi connectivity index (χ1n) is 16.0. The zero-order valence-electron chi connectivity index (χ0n) is 26.6. The third-order valence-electron chi connectivity index (χ3n) is 8.23. The maximum Gasteiger partial charge on any atom is 0.332 e. The third-order valence-corrected chi connectivity index (χ3v) is 8.23. The lowest BCUT2D eigenvalue weighted by Gasteiger charge is -2.28. The van der Waals surface area contributed by atoms with Gasteiger partial charge < -0.3 is 14.6 Å². The number of rotatable bonds is 14. The number of aromatic amines is 1. The van der Waals surface area contributed by atoms with E-state index < -0.39 is 28.8 Å². The molecule has 1 aromatic carbocycles. The molecule has 0 aliphatic carbocycles. The number of amides is 2. The summed E-state index contributed by atoms with van der Waals surface area (Å²) >= 11 is 0. The number of halogens is 2. The van der Waals surface area contributed by atoms with Crippen LogP contribution in [0.15, 0.2) is 46.1 Å². The molecule has 4 aromatic rings. The van der Waals surface area contributed by atoms with Crippen LogP contribution in [0, 0.1) is 11.6 Å². The second-order valence-corrected chi connectivity index (χ2v) is 11.6. The van der Waals surface area contributed by atoms with Crippen LogP contribution in [-0.4, -0.2) is 74.2 Å². The lowest BCUT2D eigenvalue weighted by molar-refractivity contribution is -0.133. The Bertz CT molecular complexity index is 1850. The van der Waals surface area contributed by atoms with E-state index in [0.717, 1.165) is 25.0 Å². The summed E-state index contributed by atoms with van der Waals surface area (Å²) in [5, 5.41) is 0. The zero-order chi connectivity index (χ0) is 33.5. The molecule has 2 amide bonds. The first-order valence-corrected chi connectivity index (χ1v) is 16.0. The van der Waals surface area contributed by atoms with Gasteiger partial charge in [0, 0.05) is 70.2 Å². The summed E-state index contributed by atoms with van der Waals surface area (Å²) in [5.74, 6) is -2.13. The average Bonchev–Trinajstić information content (AvgIpc) is 3.52. The molecular formula is C33H39F2N7O5. The number of nitrogens with zero attached hydrogens (tertiary/aromatic N) is 6. The Morgan fingerprint density at radius 1 is 1.00 bits per heavy atom. The molecule has 0 unspecified atom stereocenters. The van der Waals surface area contributed by atoms with Crippen molar-refractivity contribution >= 4 is 28.8 Å². The Balaban J connectivity index is 1.44. The molecule has 3 aromatic heterocycles. The highest BCUT2D eigenvalue weighted by atomic mass is 19.2. The molecule has 0 spiro atoms. The summed E-state index contributed by atoms with van der Waals surface area (Å²) in [5.41, 5.74) is 0.0152. The number of ether oxygens (including phenoxy) is 1. The van der Waals surface area contributed by atoms with Crippen molar-refractivity contribution in [1.29, 1.82) is 0 Å². The van der Waals surface area contributed by atoms with Gasteiger partial charge in [-0.05, 0) is 68.9 Å². The highest BCUT2D eigenvalue weighted by molar-refractivity contribution is 6.05. The van der Waals surface area contributed by atoms with Crippen LogP contribution in [0.3, 0.4) is 0 Å². The van der Waals surface area contributed by atoms with Crippen molar-refractivity contribution in [2.75, 3.05) is 38.3 Å². The van der Waals surface area contributed by atoms with E-state index in [1.54, 1.807) is 24.1 Å². The minimum absolute atomic E-state index is 0.0477. The summed E-state index contributed by atoms with van der Waals surface area (Å²) in [7, 11) is 1.60. The van der Waals surface area contributed by atoms with Crippen LogP contribution in [0.4, 0.5) is 14.6 Å². The predicted molar refractivity (Wildman–Crippen MR) is 172 cm³/mol. The molecule has 1 N–H and O–H groups in total. The number of nitrogens with one attached hydrogen (secondary N) is 1. The number of benzene rings is 1. The Labute approximate surface area is 270 Å². The summed E-state index contributed by atoms with van der Waals surface area (Å²) in [4.78, 5) is 67.8. The van der Waals surface area contributed by atoms with Crippen molar-refractivity contribution in [3.05, 3.63) is 74.6 Å². The van der Waals surface area contributed by atoms with E-state index in [9.17, 15) is 28.0 Å². The number of H-pyrrole nitrogens is 1. The van der Waals surface area contributed by atoms with Gasteiger partial charge in [-0.25, -0.2) is 23.5 Å². The van der Waals surface area contributed by atoms with Crippen LogP contribution >= 0.6 is 0 Å². The van der Waals surface area contributed by atoms with Crippen molar-refractivity contribution in [3.63, 3.8) is 0 Å². The number of pyridine rings is 1. The number of carbonyl (C=O) groups is 2. The first kappa shape index (κ1) is 33.6. The molecule has 0 radical (unpaired) electrons. The molecule has 12 nitrogen and oxygen atoms in total. The fraction of sp³-hybridized carbons (Fsp3) is 0.455. The van der Waals surface area contributed by atoms with Gasteiger partial charge in [0.2, 0.25) is 5.91 Å². The second kappa shape index (κ2) is 15.2. The molecular weight excluding hydrogens is 612 g/mol. The summed E-state index contributed by atoms with van der Waals surface area (Å²) < 4.78 is 35.5. The molecule has 1 saturated heterocycles. The SMILES string of the molecule is CCCn1c(=O)n(CCCCOC)c(=O)c2[nH]c(-c3ccc(N(CCCN4CCCCC4=O)C(=O)c4ccc(F)c(F)c4)nc3)nc21.